The maximum atomic E-state index is 12.6. The predicted molar refractivity (Wildman–Crippen MR) is 94.8 cm³/mol. The summed E-state index contributed by atoms with van der Waals surface area (Å²) in [7, 11) is 0. The van der Waals surface area contributed by atoms with Crippen molar-refractivity contribution in [2.45, 2.75) is 84.8 Å². The number of ether oxygens (including phenoxy) is 2. The molecule has 1 unspecified atom stereocenters. The molecular formula is C19H33NO4. The van der Waals surface area contributed by atoms with Gasteiger partial charge in [0.2, 0.25) is 0 Å². The summed E-state index contributed by atoms with van der Waals surface area (Å²) in [6.45, 7) is 10.6. The molecule has 1 rings (SSSR count). The number of esters is 1. The zero-order valence-corrected chi connectivity index (χ0v) is 15.9. The van der Waals surface area contributed by atoms with Crippen LogP contribution in [0, 0.1) is 0 Å². The maximum absolute atomic E-state index is 12.6. The average molecular weight is 339 g/mol. The van der Waals surface area contributed by atoms with Crippen LogP contribution in [0.1, 0.15) is 73.1 Å². The van der Waals surface area contributed by atoms with Gasteiger partial charge in [-0.3, -0.25) is 0 Å². The Kier molecular flexibility index (Phi) is 8.29. The van der Waals surface area contributed by atoms with Crippen LogP contribution in [0.3, 0.4) is 0 Å². The third kappa shape index (κ3) is 6.93. The van der Waals surface area contributed by atoms with Crippen molar-refractivity contribution in [3.8, 4) is 0 Å². The smallest absolute Gasteiger partial charge is 0.410 e. The first-order valence-electron chi connectivity index (χ1n) is 9.15. The zero-order valence-electron chi connectivity index (χ0n) is 15.9. The molecule has 1 aliphatic heterocycles. The second kappa shape index (κ2) is 9.70. The van der Waals surface area contributed by atoms with Gasteiger partial charge in [0.25, 0.3) is 0 Å². The number of carbonyl (C=O) groups excluding carboxylic acids is 2. The minimum absolute atomic E-state index is 0.0652. The molecule has 0 N–H and O–H groups in total. The molecule has 1 aliphatic rings. The predicted octanol–water partition coefficient (Wildman–Crippen LogP) is 4.46. The lowest BCUT2D eigenvalue weighted by molar-refractivity contribution is -0.137. The van der Waals surface area contributed by atoms with Crippen molar-refractivity contribution in [3.05, 3.63) is 11.6 Å². The highest BCUT2D eigenvalue weighted by molar-refractivity contribution is 5.83. The number of carbonyl (C=O) groups is 2. The Balaban J connectivity index is 2.97. The van der Waals surface area contributed by atoms with Crippen LogP contribution in [-0.2, 0) is 14.3 Å². The molecule has 0 aromatic heterocycles. The largest absolute Gasteiger partial charge is 0.463 e. The van der Waals surface area contributed by atoms with Crippen molar-refractivity contribution in [1.29, 1.82) is 0 Å². The SMILES string of the molecule is CCCC/C(=C\C(=O)OCC)C1CCCCN1C(=O)OC(C)(C)C. The van der Waals surface area contributed by atoms with E-state index in [1.165, 1.54) is 0 Å². The third-order valence-electron chi connectivity index (χ3n) is 3.97. The lowest BCUT2D eigenvalue weighted by Gasteiger charge is -2.38. The number of likely N-dealkylation sites (tertiary alicyclic amines) is 1. The molecule has 138 valence electrons. The summed E-state index contributed by atoms with van der Waals surface area (Å²) < 4.78 is 10.6. The van der Waals surface area contributed by atoms with Crippen LogP contribution in [0.4, 0.5) is 4.79 Å². The zero-order chi connectivity index (χ0) is 18.2. The number of piperidine rings is 1. The quantitative estimate of drug-likeness (QED) is 0.530. The van der Waals surface area contributed by atoms with Crippen LogP contribution < -0.4 is 0 Å². The van der Waals surface area contributed by atoms with Gasteiger partial charge in [-0.05, 0) is 65.4 Å². The van der Waals surface area contributed by atoms with Gasteiger partial charge in [-0.15, -0.1) is 0 Å². The second-order valence-electron chi connectivity index (χ2n) is 7.26. The molecule has 5 heteroatoms. The Labute approximate surface area is 146 Å². The summed E-state index contributed by atoms with van der Waals surface area (Å²) in [4.78, 5) is 26.3. The highest BCUT2D eigenvalue weighted by Gasteiger charge is 2.32. The van der Waals surface area contributed by atoms with E-state index in [1.807, 2.05) is 20.8 Å². The Morgan fingerprint density at radius 1 is 1.21 bits per heavy atom. The van der Waals surface area contributed by atoms with Crippen molar-refractivity contribution >= 4 is 12.1 Å². The Hall–Kier alpha value is -1.52. The maximum Gasteiger partial charge on any atom is 0.410 e. The number of nitrogens with zero attached hydrogens (tertiary/aromatic N) is 1. The summed E-state index contributed by atoms with van der Waals surface area (Å²) in [5, 5.41) is 0. The molecule has 24 heavy (non-hydrogen) atoms. The second-order valence-corrected chi connectivity index (χ2v) is 7.26. The van der Waals surface area contributed by atoms with Gasteiger partial charge in [-0.1, -0.05) is 13.3 Å². The number of unbranched alkanes of at least 4 members (excludes halogenated alkanes) is 1. The molecule has 0 aromatic rings. The molecule has 1 heterocycles. The minimum Gasteiger partial charge on any atom is -0.463 e. The number of hydrogen-bond donors (Lipinski definition) is 0. The fourth-order valence-electron chi connectivity index (χ4n) is 2.91. The van der Waals surface area contributed by atoms with Gasteiger partial charge in [0.1, 0.15) is 5.60 Å². The molecule has 0 saturated carbocycles. The molecule has 1 saturated heterocycles. The standard InChI is InChI=1S/C19H33NO4/c1-6-8-11-15(14-17(21)23-7-2)16-12-9-10-13-20(16)18(22)24-19(3,4)5/h14,16H,6-13H2,1-5H3/b15-14+. The van der Waals surface area contributed by atoms with E-state index in [1.54, 1.807) is 17.9 Å². The van der Waals surface area contributed by atoms with Crippen LogP contribution in [-0.4, -0.2) is 41.8 Å². The topological polar surface area (TPSA) is 55.8 Å². The molecule has 1 amide bonds. The first kappa shape index (κ1) is 20.5. The summed E-state index contributed by atoms with van der Waals surface area (Å²) in [5.74, 6) is -0.321. The fraction of sp³-hybridized carbons (Fsp3) is 0.789. The van der Waals surface area contributed by atoms with Gasteiger partial charge >= 0.3 is 12.1 Å². The van der Waals surface area contributed by atoms with Crippen molar-refractivity contribution < 1.29 is 19.1 Å². The molecule has 5 nitrogen and oxygen atoms in total. The van der Waals surface area contributed by atoms with Gasteiger partial charge in [0, 0.05) is 12.6 Å². The number of rotatable bonds is 6. The van der Waals surface area contributed by atoms with E-state index < -0.39 is 5.60 Å². The molecule has 0 spiro atoms. The van der Waals surface area contributed by atoms with Gasteiger partial charge < -0.3 is 14.4 Å². The molecule has 1 atom stereocenters. The van der Waals surface area contributed by atoms with Gasteiger partial charge in [0.05, 0.1) is 12.6 Å². The summed E-state index contributed by atoms with van der Waals surface area (Å²) >= 11 is 0. The molecule has 0 aromatic carbocycles. The van der Waals surface area contributed by atoms with Crippen LogP contribution >= 0.6 is 0 Å². The molecule has 1 fully saturated rings. The molecular weight excluding hydrogens is 306 g/mol. The Morgan fingerprint density at radius 3 is 2.50 bits per heavy atom. The van der Waals surface area contributed by atoms with Crippen LogP contribution in [0.25, 0.3) is 0 Å². The van der Waals surface area contributed by atoms with E-state index >= 15 is 0 Å². The van der Waals surface area contributed by atoms with Crippen molar-refractivity contribution in [3.63, 3.8) is 0 Å². The minimum atomic E-state index is -0.520. The number of hydrogen-bond acceptors (Lipinski definition) is 4. The highest BCUT2D eigenvalue weighted by Crippen LogP contribution is 2.28. The Bertz CT molecular complexity index is 451. The molecule has 0 radical (unpaired) electrons. The van der Waals surface area contributed by atoms with Crippen LogP contribution in [0.2, 0.25) is 0 Å². The van der Waals surface area contributed by atoms with E-state index in [2.05, 4.69) is 6.92 Å². The molecule has 0 aliphatic carbocycles. The van der Waals surface area contributed by atoms with Crippen molar-refractivity contribution in [1.82, 2.24) is 4.90 Å². The van der Waals surface area contributed by atoms with E-state index in [0.717, 1.165) is 44.1 Å². The van der Waals surface area contributed by atoms with Crippen LogP contribution in [0.15, 0.2) is 11.6 Å². The van der Waals surface area contributed by atoms with Crippen LogP contribution in [0.5, 0.6) is 0 Å². The summed E-state index contributed by atoms with van der Waals surface area (Å²) in [5.41, 5.74) is 0.467. The van der Waals surface area contributed by atoms with E-state index in [0.29, 0.717) is 13.2 Å². The average Bonchev–Trinajstić information content (AvgIpc) is 2.50. The first-order valence-corrected chi connectivity index (χ1v) is 9.15. The first-order chi connectivity index (χ1) is 11.3. The Morgan fingerprint density at radius 2 is 1.92 bits per heavy atom. The number of amides is 1. The lowest BCUT2D eigenvalue weighted by atomic mass is 9.92. The van der Waals surface area contributed by atoms with E-state index in [9.17, 15) is 9.59 Å². The third-order valence-corrected chi connectivity index (χ3v) is 3.97. The lowest BCUT2D eigenvalue weighted by Crippen LogP contribution is -2.47. The van der Waals surface area contributed by atoms with Gasteiger partial charge in [0.15, 0.2) is 0 Å². The summed E-state index contributed by atoms with van der Waals surface area (Å²) in [6, 6.07) is -0.0652. The molecule has 0 bridgehead atoms. The highest BCUT2D eigenvalue weighted by atomic mass is 16.6. The normalized spacial score (nSPS) is 19.1. The van der Waals surface area contributed by atoms with E-state index in [-0.39, 0.29) is 18.1 Å². The van der Waals surface area contributed by atoms with Gasteiger partial charge in [-0.25, -0.2) is 9.59 Å². The monoisotopic (exact) mass is 339 g/mol. The van der Waals surface area contributed by atoms with Crippen molar-refractivity contribution in [2.24, 2.45) is 0 Å². The van der Waals surface area contributed by atoms with E-state index in [4.69, 9.17) is 9.47 Å². The van der Waals surface area contributed by atoms with Crippen molar-refractivity contribution in [2.75, 3.05) is 13.2 Å². The van der Waals surface area contributed by atoms with Gasteiger partial charge in [-0.2, -0.15) is 0 Å². The fourth-order valence-corrected chi connectivity index (χ4v) is 2.91. The summed E-state index contributed by atoms with van der Waals surface area (Å²) in [6.07, 6.45) is 7.02.